The standard InChI is InChI=1S/C21H30O6/c1-14(2)12-13-21(18(23)25-6,19(24)26-7)15-8-10-16(11-9-15)27-17(22)20(3,4)5/h8,10,13,15-16H,9,11H2,1-7H3/t15-,16+/m0/s1. The second kappa shape index (κ2) is 9.05. The van der Waals surface area contributed by atoms with E-state index in [4.69, 9.17) is 14.2 Å². The minimum absolute atomic E-state index is 0.299. The summed E-state index contributed by atoms with van der Waals surface area (Å²) < 4.78 is 15.3. The lowest BCUT2D eigenvalue weighted by molar-refractivity contribution is -0.169. The molecule has 0 aliphatic heterocycles. The number of esters is 3. The molecule has 0 saturated heterocycles. The van der Waals surface area contributed by atoms with Gasteiger partial charge in [0, 0.05) is 5.92 Å². The lowest BCUT2D eigenvalue weighted by atomic mass is 9.70. The third-order valence-corrected chi connectivity index (χ3v) is 4.41. The van der Waals surface area contributed by atoms with E-state index < -0.39 is 34.8 Å². The molecule has 0 spiro atoms. The van der Waals surface area contributed by atoms with Gasteiger partial charge in [0.2, 0.25) is 0 Å². The van der Waals surface area contributed by atoms with Crippen LogP contribution in [0, 0.1) is 16.7 Å². The van der Waals surface area contributed by atoms with Gasteiger partial charge >= 0.3 is 17.9 Å². The second-order valence-electron chi connectivity index (χ2n) is 7.90. The number of carbonyl (C=O) groups excluding carboxylic acids is 3. The quantitative estimate of drug-likeness (QED) is 0.240. The van der Waals surface area contributed by atoms with Crippen molar-refractivity contribution in [2.45, 2.75) is 53.6 Å². The SMILES string of the molecule is COC(=O)C(C=C=C(C)C)(C(=O)OC)[C@H]1C=C[C@@H](OC(=O)C(C)(C)C)CC1. The van der Waals surface area contributed by atoms with Crippen LogP contribution in [-0.4, -0.2) is 38.2 Å². The Kier molecular flexibility index (Phi) is 7.61. The van der Waals surface area contributed by atoms with Crippen LogP contribution in [0.3, 0.4) is 0 Å². The molecule has 0 unspecified atom stereocenters. The van der Waals surface area contributed by atoms with Crippen LogP contribution in [0.15, 0.2) is 29.5 Å². The van der Waals surface area contributed by atoms with Gasteiger partial charge in [0.1, 0.15) is 6.10 Å². The van der Waals surface area contributed by atoms with Crippen LogP contribution in [0.4, 0.5) is 0 Å². The summed E-state index contributed by atoms with van der Waals surface area (Å²) in [6.07, 6.45) is 5.41. The molecule has 0 heterocycles. The molecule has 0 aromatic carbocycles. The van der Waals surface area contributed by atoms with Gasteiger partial charge < -0.3 is 14.2 Å². The van der Waals surface area contributed by atoms with Crippen molar-refractivity contribution in [1.82, 2.24) is 0 Å². The van der Waals surface area contributed by atoms with Gasteiger partial charge in [-0.25, -0.2) is 0 Å². The molecule has 27 heavy (non-hydrogen) atoms. The molecule has 2 atom stereocenters. The third kappa shape index (κ3) is 5.33. The van der Waals surface area contributed by atoms with E-state index >= 15 is 0 Å². The molecule has 0 amide bonds. The lowest BCUT2D eigenvalue weighted by Gasteiger charge is -2.34. The zero-order valence-electron chi connectivity index (χ0n) is 17.3. The molecule has 0 radical (unpaired) electrons. The first-order chi connectivity index (χ1) is 12.5. The van der Waals surface area contributed by atoms with Crippen LogP contribution in [-0.2, 0) is 28.6 Å². The summed E-state index contributed by atoms with van der Waals surface area (Å²) in [6.45, 7) is 8.99. The van der Waals surface area contributed by atoms with Gasteiger partial charge in [0.25, 0.3) is 0 Å². The van der Waals surface area contributed by atoms with Crippen LogP contribution < -0.4 is 0 Å². The number of carbonyl (C=O) groups is 3. The molecule has 6 nitrogen and oxygen atoms in total. The Balaban J connectivity index is 3.24. The minimum atomic E-state index is -1.63. The fourth-order valence-electron chi connectivity index (χ4n) is 2.79. The summed E-state index contributed by atoms with van der Waals surface area (Å²) in [6, 6.07) is 0. The third-order valence-electron chi connectivity index (χ3n) is 4.41. The molecule has 0 N–H and O–H groups in total. The van der Waals surface area contributed by atoms with Crippen LogP contribution in [0.1, 0.15) is 47.5 Å². The highest BCUT2D eigenvalue weighted by molar-refractivity contribution is 6.03. The van der Waals surface area contributed by atoms with Crippen molar-refractivity contribution < 1.29 is 28.6 Å². The van der Waals surface area contributed by atoms with Crippen LogP contribution in [0.5, 0.6) is 0 Å². The number of ether oxygens (including phenoxy) is 3. The van der Waals surface area contributed by atoms with Crippen molar-refractivity contribution >= 4 is 17.9 Å². The molecule has 0 aromatic rings. The molecule has 0 saturated carbocycles. The number of allylic oxidation sites excluding steroid dienone is 1. The summed E-state index contributed by atoms with van der Waals surface area (Å²) in [5, 5.41) is 0. The molecule has 0 aromatic heterocycles. The van der Waals surface area contributed by atoms with Crippen molar-refractivity contribution in [3.8, 4) is 0 Å². The summed E-state index contributed by atoms with van der Waals surface area (Å²) in [4.78, 5) is 37.3. The van der Waals surface area contributed by atoms with Gasteiger partial charge in [0.15, 0.2) is 5.41 Å². The van der Waals surface area contributed by atoms with Gasteiger partial charge in [-0.3, -0.25) is 14.4 Å². The predicted molar refractivity (Wildman–Crippen MR) is 101 cm³/mol. The van der Waals surface area contributed by atoms with E-state index in [-0.39, 0.29) is 5.97 Å². The van der Waals surface area contributed by atoms with E-state index in [0.29, 0.717) is 12.8 Å². The summed E-state index contributed by atoms with van der Waals surface area (Å²) >= 11 is 0. The van der Waals surface area contributed by atoms with Crippen LogP contribution >= 0.6 is 0 Å². The summed E-state index contributed by atoms with van der Waals surface area (Å²) in [7, 11) is 2.47. The van der Waals surface area contributed by atoms with E-state index in [1.165, 1.54) is 20.3 Å². The van der Waals surface area contributed by atoms with E-state index in [2.05, 4.69) is 5.73 Å². The summed E-state index contributed by atoms with van der Waals surface area (Å²) in [5.41, 5.74) is 1.53. The van der Waals surface area contributed by atoms with E-state index in [9.17, 15) is 14.4 Å². The second-order valence-corrected chi connectivity index (χ2v) is 7.90. The average molecular weight is 378 g/mol. The number of rotatable bonds is 5. The fraction of sp³-hybridized carbons (Fsp3) is 0.619. The number of hydrogen-bond donors (Lipinski definition) is 0. The van der Waals surface area contributed by atoms with Crippen LogP contribution in [0.25, 0.3) is 0 Å². The zero-order valence-corrected chi connectivity index (χ0v) is 17.3. The largest absolute Gasteiger partial charge is 0.468 e. The normalized spacial score (nSPS) is 19.5. The Morgan fingerprint density at radius 1 is 0.963 bits per heavy atom. The van der Waals surface area contributed by atoms with Gasteiger partial charge in [0.05, 0.1) is 19.6 Å². The maximum atomic E-state index is 12.6. The minimum Gasteiger partial charge on any atom is -0.468 e. The number of hydrogen-bond acceptors (Lipinski definition) is 6. The Hall–Kier alpha value is -2.33. The molecule has 0 fully saturated rings. The van der Waals surface area contributed by atoms with Crippen molar-refractivity contribution in [1.29, 1.82) is 0 Å². The smallest absolute Gasteiger partial charge is 0.328 e. The zero-order chi connectivity index (χ0) is 20.8. The van der Waals surface area contributed by atoms with E-state index in [1.807, 2.05) is 13.8 Å². The van der Waals surface area contributed by atoms with Gasteiger partial charge in [-0.05, 0) is 65.2 Å². The monoisotopic (exact) mass is 378 g/mol. The lowest BCUT2D eigenvalue weighted by Crippen LogP contribution is -2.46. The molecular weight excluding hydrogens is 348 g/mol. The summed E-state index contributed by atoms with van der Waals surface area (Å²) in [5.74, 6) is -2.20. The van der Waals surface area contributed by atoms with E-state index in [0.717, 1.165) is 5.57 Å². The first-order valence-corrected chi connectivity index (χ1v) is 8.96. The molecule has 0 bridgehead atoms. The average Bonchev–Trinajstić information content (AvgIpc) is 2.61. The van der Waals surface area contributed by atoms with Gasteiger partial charge in [-0.1, -0.05) is 6.08 Å². The molecule has 1 aliphatic carbocycles. The fourth-order valence-corrected chi connectivity index (χ4v) is 2.79. The Morgan fingerprint density at radius 2 is 1.52 bits per heavy atom. The highest BCUT2D eigenvalue weighted by Crippen LogP contribution is 2.40. The maximum Gasteiger partial charge on any atom is 0.328 e. The Morgan fingerprint density at radius 3 is 1.89 bits per heavy atom. The Labute approximate surface area is 161 Å². The first kappa shape index (κ1) is 22.7. The van der Waals surface area contributed by atoms with Gasteiger partial charge in [-0.15, -0.1) is 5.73 Å². The van der Waals surface area contributed by atoms with Crippen molar-refractivity contribution in [2.24, 2.45) is 16.7 Å². The Bertz CT molecular complexity index is 653. The molecular formula is C21H30O6. The molecule has 6 heteroatoms. The van der Waals surface area contributed by atoms with Crippen molar-refractivity contribution in [3.05, 3.63) is 29.5 Å². The van der Waals surface area contributed by atoms with Gasteiger partial charge in [-0.2, -0.15) is 0 Å². The van der Waals surface area contributed by atoms with Crippen molar-refractivity contribution in [3.63, 3.8) is 0 Å². The van der Waals surface area contributed by atoms with E-state index in [1.54, 1.807) is 32.9 Å². The van der Waals surface area contributed by atoms with Crippen LogP contribution in [0.2, 0.25) is 0 Å². The highest BCUT2D eigenvalue weighted by Gasteiger charge is 2.52. The molecule has 1 rings (SSSR count). The number of methoxy groups -OCH3 is 2. The predicted octanol–water partition coefficient (Wildman–Crippen LogP) is 3.36. The molecule has 1 aliphatic rings. The molecule has 150 valence electrons. The topological polar surface area (TPSA) is 78.9 Å². The van der Waals surface area contributed by atoms with Crippen molar-refractivity contribution in [2.75, 3.05) is 14.2 Å². The maximum absolute atomic E-state index is 12.6. The first-order valence-electron chi connectivity index (χ1n) is 8.96. The highest BCUT2D eigenvalue weighted by atomic mass is 16.6.